The lowest BCUT2D eigenvalue weighted by atomic mass is 9.91. The molecule has 3 rings (SSSR count). The van der Waals surface area contributed by atoms with Gasteiger partial charge in [0.1, 0.15) is 24.0 Å². The van der Waals surface area contributed by atoms with Crippen LogP contribution in [0.15, 0.2) is 30.3 Å². The molecular weight excluding hydrogens is 637 g/mol. The molecule has 0 bridgehead atoms. The summed E-state index contributed by atoms with van der Waals surface area (Å²) >= 11 is 6.27. The highest BCUT2D eigenvalue weighted by Gasteiger charge is 2.30. The number of pyridine rings is 1. The van der Waals surface area contributed by atoms with Gasteiger partial charge in [-0.15, -0.1) is 0 Å². The lowest BCUT2D eigenvalue weighted by Gasteiger charge is -2.25. The topological polar surface area (TPSA) is 121 Å². The van der Waals surface area contributed by atoms with Crippen LogP contribution in [0.1, 0.15) is 65.5 Å². The molecule has 1 heterocycles. The molecular formula is C34H40ClF3N4O5. The van der Waals surface area contributed by atoms with Gasteiger partial charge in [-0.25, -0.2) is 18.2 Å². The Morgan fingerprint density at radius 2 is 1.64 bits per heavy atom. The second-order valence-electron chi connectivity index (χ2n) is 12.2. The number of aliphatic carboxylic acids is 1. The minimum Gasteiger partial charge on any atom is -0.481 e. The Kier molecular flexibility index (Phi) is 12.8. The highest BCUT2D eigenvalue weighted by molar-refractivity contribution is 6.31. The second kappa shape index (κ2) is 16.1. The van der Waals surface area contributed by atoms with Gasteiger partial charge in [0.05, 0.1) is 23.2 Å². The number of rotatable bonds is 14. The first kappa shape index (κ1) is 37.3. The van der Waals surface area contributed by atoms with Gasteiger partial charge in [-0.05, 0) is 99.8 Å². The number of amides is 2. The molecule has 2 amide bonds. The molecule has 0 radical (unpaired) electrons. The fourth-order valence-corrected chi connectivity index (χ4v) is 5.31. The van der Waals surface area contributed by atoms with Crippen LogP contribution in [0, 0.1) is 44.1 Å². The lowest BCUT2D eigenvalue weighted by molar-refractivity contribution is -0.137. The first-order valence-electron chi connectivity index (χ1n) is 15.0. The number of carbonyl (C=O) groups is 3. The van der Waals surface area contributed by atoms with Gasteiger partial charge in [0.2, 0.25) is 11.8 Å². The number of aryl methyl sites for hydroxylation is 3. The van der Waals surface area contributed by atoms with Crippen LogP contribution in [0.2, 0.25) is 5.02 Å². The standard InChI is InChI=1S/C34H40ClF3N4O5/c1-17(2)10-28(41-32(45)24-15-25(35)20(5)39-34(24)47-9-8-42(6)7)33(46)40-27(16-29(43)44)23-13-21(14-26(37)31(23)38)30-18(3)11-22(36)12-19(30)4/h11-15,17,27-28H,8-10,16H2,1-7H3,(H,40,46)(H,41,45)(H,43,44)/t27-,28-/m0/s1. The third-order valence-electron chi connectivity index (χ3n) is 7.38. The number of nitrogens with one attached hydrogen (secondary N) is 2. The summed E-state index contributed by atoms with van der Waals surface area (Å²) < 4.78 is 50.1. The van der Waals surface area contributed by atoms with Crippen LogP contribution in [-0.4, -0.2) is 66.1 Å². The number of hydrogen-bond donors (Lipinski definition) is 3. The molecule has 0 aliphatic rings. The molecule has 0 saturated heterocycles. The van der Waals surface area contributed by atoms with E-state index in [0.29, 0.717) is 28.9 Å². The molecule has 0 spiro atoms. The molecule has 2 aromatic carbocycles. The number of ether oxygens (including phenoxy) is 1. The van der Waals surface area contributed by atoms with Gasteiger partial charge in [-0.1, -0.05) is 25.4 Å². The molecule has 254 valence electrons. The Bertz CT molecular complexity index is 1630. The van der Waals surface area contributed by atoms with Crippen molar-refractivity contribution >= 4 is 29.4 Å². The van der Waals surface area contributed by atoms with Crippen LogP contribution < -0.4 is 15.4 Å². The smallest absolute Gasteiger partial charge is 0.305 e. The quantitative estimate of drug-likeness (QED) is 0.187. The van der Waals surface area contributed by atoms with E-state index in [2.05, 4.69) is 15.6 Å². The van der Waals surface area contributed by atoms with E-state index < -0.39 is 59.3 Å². The van der Waals surface area contributed by atoms with E-state index in [-0.39, 0.29) is 41.0 Å². The number of benzene rings is 2. The first-order valence-corrected chi connectivity index (χ1v) is 15.4. The van der Waals surface area contributed by atoms with Crippen LogP contribution in [0.3, 0.4) is 0 Å². The summed E-state index contributed by atoms with van der Waals surface area (Å²) in [6, 6.07) is 3.31. The Balaban J connectivity index is 1.99. The van der Waals surface area contributed by atoms with Crippen molar-refractivity contribution in [2.45, 2.75) is 59.5 Å². The molecule has 9 nitrogen and oxygen atoms in total. The van der Waals surface area contributed by atoms with E-state index in [1.54, 1.807) is 20.8 Å². The summed E-state index contributed by atoms with van der Waals surface area (Å²) in [5.41, 5.74) is 1.51. The van der Waals surface area contributed by atoms with Gasteiger partial charge in [0.25, 0.3) is 5.91 Å². The van der Waals surface area contributed by atoms with E-state index in [4.69, 9.17) is 16.3 Å². The minimum atomic E-state index is -1.53. The Morgan fingerprint density at radius 3 is 2.21 bits per heavy atom. The van der Waals surface area contributed by atoms with E-state index >= 15 is 8.78 Å². The third kappa shape index (κ3) is 9.92. The van der Waals surface area contributed by atoms with Crippen molar-refractivity contribution in [3.63, 3.8) is 0 Å². The van der Waals surface area contributed by atoms with Crippen molar-refractivity contribution in [1.29, 1.82) is 0 Å². The summed E-state index contributed by atoms with van der Waals surface area (Å²) in [6.07, 6.45) is -0.678. The second-order valence-corrected chi connectivity index (χ2v) is 12.6. The van der Waals surface area contributed by atoms with Gasteiger partial charge >= 0.3 is 5.97 Å². The predicted molar refractivity (Wildman–Crippen MR) is 173 cm³/mol. The lowest BCUT2D eigenvalue weighted by Crippen LogP contribution is -2.48. The fourth-order valence-electron chi connectivity index (χ4n) is 5.16. The van der Waals surface area contributed by atoms with Crippen LogP contribution in [-0.2, 0) is 9.59 Å². The Labute approximate surface area is 277 Å². The maximum absolute atomic E-state index is 15.3. The maximum Gasteiger partial charge on any atom is 0.305 e. The zero-order valence-electron chi connectivity index (χ0n) is 27.4. The summed E-state index contributed by atoms with van der Waals surface area (Å²) in [7, 11) is 3.71. The van der Waals surface area contributed by atoms with Gasteiger partial charge in [-0.3, -0.25) is 14.4 Å². The van der Waals surface area contributed by atoms with Crippen LogP contribution in [0.25, 0.3) is 11.1 Å². The molecule has 0 fully saturated rings. The molecule has 13 heteroatoms. The summed E-state index contributed by atoms with van der Waals surface area (Å²) in [5, 5.41) is 15.0. The molecule has 0 saturated carbocycles. The summed E-state index contributed by atoms with van der Waals surface area (Å²) in [4.78, 5) is 45.3. The molecule has 0 aliphatic carbocycles. The molecule has 0 unspecified atom stereocenters. The fraction of sp³-hybridized carbons (Fsp3) is 0.412. The zero-order valence-corrected chi connectivity index (χ0v) is 28.2. The highest BCUT2D eigenvalue weighted by atomic mass is 35.5. The van der Waals surface area contributed by atoms with Gasteiger partial charge < -0.3 is 25.4 Å². The van der Waals surface area contributed by atoms with Gasteiger partial charge in [0.15, 0.2) is 11.6 Å². The van der Waals surface area contributed by atoms with Crippen LogP contribution >= 0.6 is 11.6 Å². The zero-order chi connectivity index (χ0) is 35.2. The van der Waals surface area contributed by atoms with Crippen molar-refractivity contribution in [2.75, 3.05) is 27.2 Å². The van der Waals surface area contributed by atoms with Crippen LogP contribution in [0.5, 0.6) is 5.88 Å². The minimum absolute atomic E-state index is 0.0134. The predicted octanol–water partition coefficient (Wildman–Crippen LogP) is 6.16. The van der Waals surface area contributed by atoms with Crippen molar-refractivity contribution < 1.29 is 37.4 Å². The molecule has 1 aromatic heterocycles. The molecule has 2 atom stereocenters. The Hall–Kier alpha value is -4.16. The van der Waals surface area contributed by atoms with Crippen molar-refractivity contribution in [3.05, 3.63) is 80.8 Å². The summed E-state index contributed by atoms with van der Waals surface area (Å²) in [5.74, 6) is -6.17. The SMILES string of the molecule is Cc1cc(F)cc(C)c1-c1cc(F)c(F)c([C@H](CC(=O)O)NC(=O)[C@H](CC(C)C)NC(=O)c2cc(Cl)c(C)nc2OCCN(C)C)c1. The Morgan fingerprint density at radius 1 is 1.00 bits per heavy atom. The van der Waals surface area contributed by atoms with Crippen LogP contribution in [0.4, 0.5) is 13.2 Å². The number of likely N-dealkylation sites (N-methyl/N-ethyl adjacent to an activating group) is 1. The third-order valence-corrected chi connectivity index (χ3v) is 7.76. The highest BCUT2D eigenvalue weighted by Crippen LogP contribution is 2.33. The van der Waals surface area contributed by atoms with Gasteiger partial charge in [0, 0.05) is 12.1 Å². The summed E-state index contributed by atoms with van der Waals surface area (Å²) in [6.45, 7) is 9.24. The first-order chi connectivity index (χ1) is 22.0. The number of carboxylic acid groups (broad SMARTS) is 1. The number of aromatic nitrogens is 1. The average molecular weight is 677 g/mol. The van der Waals surface area contributed by atoms with E-state index in [9.17, 15) is 23.9 Å². The molecule has 3 N–H and O–H groups in total. The number of halogens is 4. The van der Waals surface area contributed by atoms with E-state index in [0.717, 1.165) is 6.07 Å². The van der Waals surface area contributed by atoms with E-state index in [1.807, 2.05) is 32.8 Å². The number of nitrogens with zero attached hydrogens (tertiary/aromatic N) is 2. The monoisotopic (exact) mass is 676 g/mol. The molecule has 47 heavy (non-hydrogen) atoms. The number of hydrogen-bond acceptors (Lipinski definition) is 6. The maximum atomic E-state index is 15.3. The normalized spacial score (nSPS) is 12.6. The van der Waals surface area contributed by atoms with Crippen molar-refractivity contribution in [3.8, 4) is 17.0 Å². The number of carboxylic acids is 1. The molecule has 0 aliphatic heterocycles. The largest absolute Gasteiger partial charge is 0.481 e. The van der Waals surface area contributed by atoms with Crippen molar-refractivity contribution in [1.82, 2.24) is 20.5 Å². The van der Waals surface area contributed by atoms with Crippen molar-refractivity contribution in [2.24, 2.45) is 5.92 Å². The van der Waals surface area contributed by atoms with Gasteiger partial charge in [-0.2, -0.15) is 0 Å². The average Bonchev–Trinajstić information content (AvgIpc) is 2.94. The number of carbonyl (C=O) groups excluding carboxylic acids is 2. The van der Waals surface area contributed by atoms with E-state index in [1.165, 1.54) is 24.3 Å². The molecule has 3 aromatic rings.